The second-order valence-electron chi connectivity index (χ2n) is 4.66. The predicted octanol–water partition coefficient (Wildman–Crippen LogP) is 4.57. The van der Waals surface area contributed by atoms with Crippen molar-refractivity contribution in [1.82, 2.24) is 4.98 Å². The van der Waals surface area contributed by atoms with Crippen LogP contribution in [0.3, 0.4) is 0 Å². The Morgan fingerprint density at radius 3 is 2.48 bits per heavy atom. The molecule has 3 nitrogen and oxygen atoms in total. The van der Waals surface area contributed by atoms with Gasteiger partial charge in [0.15, 0.2) is 0 Å². The molecule has 1 heterocycles. The Labute approximate surface area is 134 Å². The average Bonchev–Trinajstić information content (AvgIpc) is 2.51. The number of aryl methyl sites for hydroxylation is 1. The van der Waals surface area contributed by atoms with Crippen LogP contribution in [0.1, 0.15) is 5.56 Å². The topological polar surface area (TPSA) is 50.9 Å². The van der Waals surface area contributed by atoms with Gasteiger partial charge in [-0.05, 0) is 30.2 Å². The smallest absolute Gasteiger partial charge is 0.148 e. The first kappa shape index (κ1) is 15.6. The molecule has 3 aromatic rings. The highest BCUT2D eigenvalue weighted by Gasteiger charge is 2.11. The summed E-state index contributed by atoms with van der Waals surface area (Å²) in [5.41, 5.74) is 6.60. The van der Waals surface area contributed by atoms with Crippen LogP contribution in [0.2, 0.25) is 5.02 Å². The SMILES string of the molecule is Cc1ccc(Cl)c2cc(-c3ccccc3)c(NN)nc12.Cl. The minimum atomic E-state index is 0. The molecule has 0 fully saturated rings. The highest BCUT2D eigenvalue weighted by Crippen LogP contribution is 2.33. The van der Waals surface area contributed by atoms with Gasteiger partial charge in [0, 0.05) is 10.9 Å². The zero-order valence-corrected chi connectivity index (χ0v) is 13.0. The van der Waals surface area contributed by atoms with E-state index >= 15 is 0 Å². The third-order valence-corrected chi connectivity index (χ3v) is 3.68. The van der Waals surface area contributed by atoms with E-state index in [4.69, 9.17) is 17.4 Å². The van der Waals surface area contributed by atoms with Gasteiger partial charge in [-0.1, -0.05) is 48.0 Å². The molecule has 1 aromatic heterocycles. The van der Waals surface area contributed by atoms with Gasteiger partial charge in [-0.3, -0.25) is 0 Å². The van der Waals surface area contributed by atoms with Gasteiger partial charge in [0.25, 0.3) is 0 Å². The quantitative estimate of drug-likeness (QED) is 0.537. The first-order valence-electron chi connectivity index (χ1n) is 6.32. The molecule has 3 N–H and O–H groups in total. The number of hydrogen-bond acceptors (Lipinski definition) is 3. The van der Waals surface area contributed by atoms with Gasteiger partial charge in [-0.2, -0.15) is 0 Å². The molecule has 5 heteroatoms. The Morgan fingerprint density at radius 1 is 1.10 bits per heavy atom. The molecule has 0 amide bonds. The molecule has 0 saturated heterocycles. The molecule has 0 atom stereocenters. The molecular formula is C16H15Cl2N3. The molecule has 21 heavy (non-hydrogen) atoms. The van der Waals surface area contributed by atoms with E-state index < -0.39 is 0 Å². The second kappa shape index (κ2) is 6.31. The molecule has 0 radical (unpaired) electrons. The molecule has 0 saturated carbocycles. The number of nitrogens with one attached hydrogen (secondary N) is 1. The third-order valence-electron chi connectivity index (χ3n) is 3.35. The van der Waals surface area contributed by atoms with E-state index in [0.29, 0.717) is 10.8 Å². The average molecular weight is 320 g/mol. The lowest BCUT2D eigenvalue weighted by Gasteiger charge is -2.12. The number of nitrogen functional groups attached to an aromatic ring is 1. The molecule has 0 aliphatic rings. The molecule has 0 bridgehead atoms. The monoisotopic (exact) mass is 319 g/mol. The lowest BCUT2D eigenvalue weighted by atomic mass is 10.0. The highest BCUT2D eigenvalue weighted by molar-refractivity contribution is 6.35. The molecule has 2 aromatic carbocycles. The normalized spacial score (nSPS) is 10.2. The Bertz CT molecular complexity index is 773. The fourth-order valence-corrected chi connectivity index (χ4v) is 2.52. The van der Waals surface area contributed by atoms with Crippen LogP contribution in [0.5, 0.6) is 0 Å². The lowest BCUT2D eigenvalue weighted by molar-refractivity contribution is 1.25. The van der Waals surface area contributed by atoms with E-state index in [1.54, 1.807) is 0 Å². The van der Waals surface area contributed by atoms with Crippen LogP contribution in [0.25, 0.3) is 22.0 Å². The Morgan fingerprint density at radius 2 is 1.81 bits per heavy atom. The number of hydrazine groups is 1. The van der Waals surface area contributed by atoms with E-state index in [1.165, 1.54) is 0 Å². The van der Waals surface area contributed by atoms with Gasteiger partial charge in [0.05, 0.1) is 10.5 Å². The number of nitrogens with two attached hydrogens (primary N) is 1. The Balaban J connectivity index is 0.00000161. The van der Waals surface area contributed by atoms with Crippen molar-refractivity contribution in [2.75, 3.05) is 5.43 Å². The summed E-state index contributed by atoms with van der Waals surface area (Å²) < 4.78 is 0. The van der Waals surface area contributed by atoms with E-state index in [2.05, 4.69) is 10.4 Å². The van der Waals surface area contributed by atoms with Crippen molar-refractivity contribution in [2.45, 2.75) is 6.92 Å². The van der Waals surface area contributed by atoms with E-state index in [1.807, 2.05) is 55.5 Å². The summed E-state index contributed by atoms with van der Waals surface area (Å²) in [6.45, 7) is 2.01. The lowest BCUT2D eigenvalue weighted by Crippen LogP contribution is -2.10. The first-order valence-corrected chi connectivity index (χ1v) is 6.70. The number of pyridine rings is 1. The van der Waals surface area contributed by atoms with Crippen molar-refractivity contribution in [3.63, 3.8) is 0 Å². The van der Waals surface area contributed by atoms with Gasteiger partial charge in [-0.15, -0.1) is 12.4 Å². The van der Waals surface area contributed by atoms with Crippen LogP contribution >= 0.6 is 24.0 Å². The number of aromatic nitrogens is 1. The number of benzene rings is 2. The largest absolute Gasteiger partial charge is 0.308 e. The standard InChI is InChI=1S/C16H14ClN3.ClH/c1-10-7-8-14(17)13-9-12(11-5-3-2-4-6-11)16(20-18)19-15(10)13;/h2-9H,18H2,1H3,(H,19,20);1H. The highest BCUT2D eigenvalue weighted by atomic mass is 35.5. The van der Waals surface area contributed by atoms with Crippen LogP contribution in [0.4, 0.5) is 5.82 Å². The summed E-state index contributed by atoms with van der Waals surface area (Å²) in [6.07, 6.45) is 0. The molecule has 0 aliphatic heterocycles. The van der Waals surface area contributed by atoms with Crippen LogP contribution in [-0.2, 0) is 0 Å². The number of halogens is 2. The molecule has 0 unspecified atom stereocenters. The Hall–Kier alpha value is -1.81. The number of anilines is 1. The fourth-order valence-electron chi connectivity index (χ4n) is 2.31. The number of rotatable bonds is 2. The van der Waals surface area contributed by atoms with Gasteiger partial charge in [0.1, 0.15) is 5.82 Å². The zero-order valence-electron chi connectivity index (χ0n) is 11.4. The van der Waals surface area contributed by atoms with Crippen LogP contribution < -0.4 is 11.3 Å². The van der Waals surface area contributed by atoms with Gasteiger partial charge in [-0.25, -0.2) is 10.8 Å². The molecule has 108 valence electrons. The summed E-state index contributed by atoms with van der Waals surface area (Å²) in [4.78, 5) is 4.61. The van der Waals surface area contributed by atoms with Crippen molar-refractivity contribution in [3.05, 3.63) is 59.1 Å². The van der Waals surface area contributed by atoms with Crippen molar-refractivity contribution in [3.8, 4) is 11.1 Å². The summed E-state index contributed by atoms with van der Waals surface area (Å²) in [7, 11) is 0. The molecule has 0 aliphatic carbocycles. The zero-order chi connectivity index (χ0) is 14.1. The summed E-state index contributed by atoms with van der Waals surface area (Å²) in [5.74, 6) is 6.27. The maximum Gasteiger partial charge on any atom is 0.148 e. The minimum Gasteiger partial charge on any atom is -0.308 e. The van der Waals surface area contributed by atoms with Crippen molar-refractivity contribution in [1.29, 1.82) is 0 Å². The Kier molecular flexibility index (Phi) is 4.68. The van der Waals surface area contributed by atoms with Crippen molar-refractivity contribution in [2.24, 2.45) is 5.84 Å². The predicted molar refractivity (Wildman–Crippen MR) is 92.0 cm³/mol. The van der Waals surface area contributed by atoms with Crippen molar-refractivity contribution >= 4 is 40.7 Å². The van der Waals surface area contributed by atoms with Crippen LogP contribution in [0, 0.1) is 6.92 Å². The van der Waals surface area contributed by atoms with Gasteiger partial charge < -0.3 is 5.43 Å². The van der Waals surface area contributed by atoms with E-state index in [-0.39, 0.29) is 12.4 Å². The van der Waals surface area contributed by atoms with Gasteiger partial charge in [0.2, 0.25) is 0 Å². The third kappa shape index (κ3) is 2.81. The summed E-state index contributed by atoms with van der Waals surface area (Å²) in [6, 6.07) is 15.9. The maximum atomic E-state index is 6.29. The number of fused-ring (bicyclic) bond motifs is 1. The number of hydrogen-bond donors (Lipinski definition) is 2. The van der Waals surface area contributed by atoms with Crippen LogP contribution in [-0.4, -0.2) is 4.98 Å². The first-order chi connectivity index (χ1) is 9.70. The molecular weight excluding hydrogens is 305 g/mol. The molecule has 3 rings (SSSR count). The maximum absolute atomic E-state index is 6.29. The number of nitrogens with zero attached hydrogens (tertiary/aromatic N) is 1. The van der Waals surface area contributed by atoms with Crippen molar-refractivity contribution < 1.29 is 0 Å². The molecule has 0 spiro atoms. The van der Waals surface area contributed by atoms with Gasteiger partial charge >= 0.3 is 0 Å². The second-order valence-corrected chi connectivity index (χ2v) is 5.06. The fraction of sp³-hybridized carbons (Fsp3) is 0.0625. The minimum absolute atomic E-state index is 0. The van der Waals surface area contributed by atoms with Crippen LogP contribution in [0.15, 0.2) is 48.5 Å². The van der Waals surface area contributed by atoms with E-state index in [0.717, 1.165) is 27.6 Å². The van der Waals surface area contributed by atoms with E-state index in [9.17, 15) is 0 Å². The summed E-state index contributed by atoms with van der Waals surface area (Å²) >= 11 is 6.29. The summed E-state index contributed by atoms with van der Waals surface area (Å²) in [5, 5.41) is 1.63.